The first-order chi connectivity index (χ1) is 12.6. The van der Waals surface area contributed by atoms with E-state index < -0.39 is 0 Å². The molecular formula is C21H29N3O2. The van der Waals surface area contributed by atoms with Crippen molar-refractivity contribution < 1.29 is 9.47 Å². The van der Waals surface area contributed by atoms with Crippen LogP contribution in [-0.4, -0.2) is 33.8 Å². The lowest BCUT2D eigenvalue weighted by Crippen LogP contribution is -2.38. The average molecular weight is 355 g/mol. The lowest BCUT2D eigenvalue weighted by Gasteiger charge is -2.17. The lowest BCUT2D eigenvalue weighted by atomic mass is 10.0. The van der Waals surface area contributed by atoms with Crippen LogP contribution in [0.4, 0.5) is 0 Å². The van der Waals surface area contributed by atoms with Gasteiger partial charge in [0.1, 0.15) is 11.5 Å². The van der Waals surface area contributed by atoms with Crippen molar-refractivity contribution in [3.63, 3.8) is 0 Å². The van der Waals surface area contributed by atoms with Crippen LogP contribution in [0.5, 0.6) is 11.5 Å². The van der Waals surface area contributed by atoms with Crippen LogP contribution in [0.2, 0.25) is 0 Å². The Morgan fingerprint density at radius 1 is 1.04 bits per heavy atom. The van der Waals surface area contributed by atoms with Crippen molar-refractivity contribution in [3.8, 4) is 11.5 Å². The molecule has 0 radical (unpaired) electrons. The van der Waals surface area contributed by atoms with E-state index >= 15 is 0 Å². The van der Waals surface area contributed by atoms with Gasteiger partial charge in [0, 0.05) is 31.8 Å². The average Bonchev–Trinajstić information content (AvgIpc) is 2.68. The molecule has 0 aromatic heterocycles. The maximum atomic E-state index is 5.44. The minimum Gasteiger partial charge on any atom is -0.497 e. The second kappa shape index (κ2) is 9.70. The zero-order chi connectivity index (χ0) is 18.9. The maximum absolute atomic E-state index is 5.44. The van der Waals surface area contributed by atoms with Crippen LogP contribution in [0, 0.1) is 6.92 Å². The molecule has 5 nitrogen and oxygen atoms in total. The molecule has 0 saturated carbocycles. The maximum Gasteiger partial charge on any atom is 0.191 e. The molecule has 0 aliphatic carbocycles. The van der Waals surface area contributed by atoms with Gasteiger partial charge in [0.15, 0.2) is 5.96 Å². The molecule has 0 bridgehead atoms. The van der Waals surface area contributed by atoms with Gasteiger partial charge in [-0.2, -0.15) is 0 Å². The number of aryl methyl sites for hydroxylation is 1. The predicted molar refractivity (Wildman–Crippen MR) is 107 cm³/mol. The number of methoxy groups -OCH3 is 2. The molecule has 26 heavy (non-hydrogen) atoms. The van der Waals surface area contributed by atoms with E-state index in [4.69, 9.17) is 9.47 Å². The molecule has 0 fully saturated rings. The summed E-state index contributed by atoms with van der Waals surface area (Å²) < 4.78 is 10.7. The Kier molecular flexibility index (Phi) is 7.33. The van der Waals surface area contributed by atoms with E-state index in [2.05, 4.69) is 53.7 Å². The van der Waals surface area contributed by atoms with Crippen LogP contribution >= 0.6 is 0 Å². The third-order valence-corrected chi connectivity index (χ3v) is 4.39. The second-order valence-electron chi connectivity index (χ2n) is 6.30. The van der Waals surface area contributed by atoms with Crippen molar-refractivity contribution in [2.75, 3.05) is 27.8 Å². The minimum atomic E-state index is 0.393. The Morgan fingerprint density at radius 2 is 1.77 bits per heavy atom. The van der Waals surface area contributed by atoms with Gasteiger partial charge >= 0.3 is 0 Å². The highest BCUT2D eigenvalue weighted by atomic mass is 16.5. The summed E-state index contributed by atoms with van der Waals surface area (Å²) >= 11 is 0. The fraction of sp³-hybridized carbons (Fsp3) is 0.381. The zero-order valence-corrected chi connectivity index (χ0v) is 16.3. The van der Waals surface area contributed by atoms with E-state index in [9.17, 15) is 0 Å². The minimum absolute atomic E-state index is 0.393. The summed E-state index contributed by atoms with van der Waals surface area (Å²) in [6.45, 7) is 5.73. The molecule has 2 N–H and O–H groups in total. The molecule has 0 aliphatic heterocycles. The highest BCUT2D eigenvalue weighted by molar-refractivity contribution is 5.79. The number of guanidine groups is 1. The normalized spacial score (nSPS) is 12.4. The number of hydrogen-bond donors (Lipinski definition) is 2. The van der Waals surface area contributed by atoms with Crippen molar-refractivity contribution >= 4 is 5.96 Å². The Hall–Kier alpha value is -2.69. The Labute approximate surface area is 156 Å². The molecular weight excluding hydrogens is 326 g/mol. The number of benzene rings is 2. The summed E-state index contributed by atoms with van der Waals surface area (Å²) in [5, 5.41) is 6.72. The highest BCUT2D eigenvalue weighted by Crippen LogP contribution is 2.24. The Morgan fingerprint density at radius 3 is 2.38 bits per heavy atom. The van der Waals surface area contributed by atoms with Crippen molar-refractivity contribution in [1.82, 2.24) is 10.6 Å². The summed E-state index contributed by atoms with van der Waals surface area (Å²) in [4.78, 5) is 4.30. The van der Waals surface area contributed by atoms with Gasteiger partial charge in [0.05, 0.1) is 14.2 Å². The van der Waals surface area contributed by atoms with Crippen molar-refractivity contribution in [2.45, 2.75) is 26.3 Å². The predicted octanol–water partition coefficient (Wildman–Crippen LogP) is 3.48. The Balaban J connectivity index is 1.91. The number of nitrogens with one attached hydrogen (secondary N) is 2. The largest absolute Gasteiger partial charge is 0.497 e. The SMILES string of the molecule is CN=C(NCc1ccc(OC)cc1OC)NCC(C)c1ccc(C)cc1. The van der Waals surface area contributed by atoms with Gasteiger partial charge < -0.3 is 20.1 Å². The van der Waals surface area contributed by atoms with Gasteiger partial charge in [-0.3, -0.25) is 4.99 Å². The molecule has 2 aromatic carbocycles. The van der Waals surface area contributed by atoms with E-state index in [1.165, 1.54) is 11.1 Å². The second-order valence-corrected chi connectivity index (χ2v) is 6.30. The molecule has 0 aliphatic rings. The van der Waals surface area contributed by atoms with Gasteiger partial charge in [-0.05, 0) is 30.5 Å². The number of ether oxygens (including phenoxy) is 2. The molecule has 1 atom stereocenters. The van der Waals surface area contributed by atoms with E-state index in [1.807, 2.05) is 18.2 Å². The van der Waals surface area contributed by atoms with Crippen LogP contribution in [0.1, 0.15) is 29.5 Å². The monoisotopic (exact) mass is 355 g/mol. The molecule has 2 aromatic rings. The van der Waals surface area contributed by atoms with Crippen molar-refractivity contribution in [2.24, 2.45) is 4.99 Å². The summed E-state index contributed by atoms with van der Waals surface area (Å²) in [6.07, 6.45) is 0. The Bertz CT molecular complexity index is 727. The summed E-state index contributed by atoms with van der Waals surface area (Å²) in [6, 6.07) is 14.5. The van der Waals surface area contributed by atoms with Crippen LogP contribution in [0.15, 0.2) is 47.5 Å². The number of aliphatic imine (C=N–C) groups is 1. The summed E-state index contributed by atoms with van der Waals surface area (Å²) in [5.41, 5.74) is 3.64. The molecule has 1 unspecified atom stereocenters. The summed E-state index contributed by atoms with van der Waals surface area (Å²) in [7, 11) is 5.08. The van der Waals surface area contributed by atoms with Crippen molar-refractivity contribution in [1.29, 1.82) is 0 Å². The van der Waals surface area contributed by atoms with Gasteiger partial charge in [-0.15, -0.1) is 0 Å². The lowest BCUT2D eigenvalue weighted by molar-refractivity contribution is 0.390. The molecule has 2 rings (SSSR count). The smallest absolute Gasteiger partial charge is 0.191 e. The van der Waals surface area contributed by atoms with Gasteiger partial charge in [-0.25, -0.2) is 0 Å². The summed E-state index contributed by atoms with van der Waals surface area (Å²) in [5.74, 6) is 2.73. The number of nitrogens with zero attached hydrogens (tertiary/aromatic N) is 1. The molecule has 140 valence electrons. The first-order valence-electron chi connectivity index (χ1n) is 8.79. The molecule has 0 spiro atoms. The topological polar surface area (TPSA) is 54.9 Å². The number of hydrogen-bond acceptors (Lipinski definition) is 3. The molecule has 0 heterocycles. The molecule has 0 amide bonds. The van der Waals surface area contributed by atoms with Crippen LogP contribution in [0.25, 0.3) is 0 Å². The molecule has 5 heteroatoms. The van der Waals surface area contributed by atoms with E-state index in [-0.39, 0.29) is 0 Å². The van der Waals surface area contributed by atoms with Crippen LogP contribution < -0.4 is 20.1 Å². The van der Waals surface area contributed by atoms with E-state index in [0.717, 1.165) is 29.6 Å². The third-order valence-electron chi connectivity index (χ3n) is 4.39. The van der Waals surface area contributed by atoms with E-state index in [1.54, 1.807) is 21.3 Å². The third kappa shape index (κ3) is 5.41. The van der Waals surface area contributed by atoms with Crippen LogP contribution in [0.3, 0.4) is 0 Å². The van der Waals surface area contributed by atoms with Crippen LogP contribution in [-0.2, 0) is 6.54 Å². The van der Waals surface area contributed by atoms with Gasteiger partial charge in [0.25, 0.3) is 0 Å². The fourth-order valence-electron chi connectivity index (χ4n) is 2.66. The fourth-order valence-corrected chi connectivity index (χ4v) is 2.66. The molecule has 0 saturated heterocycles. The van der Waals surface area contributed by atoms with E-state index in [0.29, 0.717) is 12.5 Å². The zero-order valence-electron chi connectivity index (χ0n) is 16.3. The quantitative estimate of drug-likeness (QED) is 0.590. The first-order valence-corrected chi connectivity index (χ1v) is 8.79. The highest BCUT2D eigenvalue weighted by Gasteiger charge is 2.08. The van der Waals surface area contributed by atoms with Gasteiger partial charge in [-0.1, -0.05) is 36.8 Å². The standard InChI is InChI=1S/C21H29N3O2/c1-15-6-8-17(9-7-15)16(2)13-23-21(22-3)24-14-18-10-11-19(25-4)12-20(18)26-5/h6-12,16H,13-14H2,1-5H3,(H2,22,23,24). The number of rotatable bonds is 7. The van der Waals surface area contributed by atoms with Gasteiger partial charge in [0.2, 0.25) is 0 Å². The van der Waals surface area contributed by atoms with Crippen molar-refractivity contribution in [3.05, 3.63) is 59.2 Å². The first kappa shape index (κ1) is 19.6.